The first-order valence-electron chi connectivity index (χ1n) is 23.4. The van der Waals surface area contributed by atoms with Crippen molar-refractivity contribution in [2.75, 3.05) is 26.4 Å². The average molecular weight is 797 g/mol. The first-order chi connectivity index (χ1) is 27.4. The summed E-state index contributed by atoms with van der Waals surface area (Å²) in [5, 5.41) is 40.1. The first-order valence-corrected chi connectivity index (χ1v) is 23.4. The molecule has 56 heavy (non-hydrogen) atoms. The monoisotopic (exact) mass is 797 g/mol. The minimum atomic E-state index is -1.54. The summed E-state index contributed by atoms with van der Waals surface area (Å²) in [6, 6.07) is 0. The number of hydrogen-bond acceptors (Lipinski definition) is 9. The molecule has 0 aromatic carbocycles. The van der Waals surface area contributed by atoms with Gasteiger partial charge >= 0.3 is 5.97 Å². The molecule has 6 atom stereocenters. The predicted octanol–water partition coefficient (Wildman–Crippen LogP) is 10.6. The fourth-order valence-corrected chi connectivity index (χ4v) is 7.16. The molecule has 330 valence electrons. The number of rotatable bonds is 40. The summed E-state index contributed by atoms with van der Waals surface area (Å²) in [5.41, 5.74) is 0. The zero-order valence-electron chi connectivity index (χ0n) is 36.1. The van der Waals surface area contributed by atoms with Gasteiger partial charge < -0.3 is 39.4 Å². The molecule has 6 unspecified atom stereocenters. The molecule has 1 rings (SSSR count). The van der Waals surface area contributed by atoms with Gasteiger partial charge in [-0.1, -0.05) is 186 Å². The van der Waals surface area contributed by atoms with Crippen LogP contribution >= 0.6 is 0 Å². The summed E-state index contributed by atoms with van der Waals surface area (Å²) >= 11 is 0. The summed E-state index contributed by atoms with van der Waals surface area (Å²) in [6.45, 7) is 4.52. The van der Waals surface area contributed by atoms with Crippen LogP contribution in [0.2, 0.25) is 0 Å². The average Bonchev–Trinajstić information content (AvgIpc) is 3.20. The molecule has 0 aliphatic carbocycles. The minimum absolute atomic E-state index is 0.114. The third kappa shape index (κ3) is 29.8. The molecule has 0 radical (unpaired) electrons. The van der Waals surface area contributed by atoms with Crippen LogP contribution in [-0.2, 0) is 23.7 Å². The second-order valence-corrected chi connectivity index (χ2v) is 16.2. The summed E-state index contributed by atoms with van der Waals surface area (Å²) in [4.78, 5) is 12.8. The van der Waals surface area contributed by atoms with Gasteiger partial charge in [0.05, 0.1) is 19.8 Å². The number of carbonyl (C=O) groups is 1. The molecule has 9 heteroatoms. The predicted molar refractivity (Wildman–Crippen MR) is 229 cm³/mol. The molecule has 0 spiro atoms. The van der Waals surface area contributed by atoms with Gasteiger partial charge in [0.2, 0.25) is 0 Å². The molecular weight excluding hydrogens is 709 g/mol. The maximum absolute atomic E-state index is 12.8. The van der Waals surface area contributed by atoms with Crippen LogP contribution in [0, 0.1) is 0 Å². The van der Waals surface area contributed by atoms with Gasteiger partial charge in [0.25, 0.3) is 0 Å². The molecule has 4 N–H and O–H groups in total. The van der Waals surface area contributed by atoms with Gasteiger partial charge in [-0.3, -0.25) is 4.79 Å². The molecule has 0 aromatic heterocycles. The topological polar surface area (TPSA) is 135 Å². The fraction of sp³-hybridized carbons (Fsp3) is 0.894. The second-order valence-electron chi connectivity index (χ2n) is 16.2. The van der Waals surface area contributed by atoms with Gasteiger partial charge in [0, 0.05) is 13.0 Å². The van der Waals surface area contributed by atoms with Crippen molar-refractivity contribution in [3.8, 4) is 0 Å². The molecular formula is C47H88O9. The van der Waals surface area contributed by atoms with Crippen LogP contribution in [0.5, 0.6) is 0 Å². The molecule has 1 aliphatic rings. The quantitative estimate of drug-likeness (QED) is 0.0271. The Morgan fingerprint density at radius 2 is 1.05 bits per heavy atom. The Morgan fingerprint density at radius 1 is 0.571 bits per heavy atom. The van der Waals surface area contributed by atoms with E-state index in [2.05, 4.69) is 38.2 Å². The van der Waals surface area contributed by atoms with Crippen LogP contribution < -0.4 is 0 Å². The normalized spacial score (nSPS) is 20.7. The Morgan fingerprint density at radius 3 is 1.59 bits per heavy atom. The van der Waals surface area contributed by atoms with E-state index in [9.17, 15) is 25.2 Å². The molecule has 0 aromatic rings. The number of ether oxygens (including phenoxy) is 4. The van der Waals surface area contributed by atoms with Crippen LogP contribution in [0.1, 0.15) is 206 Å². The highest BCUT2D eigenvalue weighted by molar-refractivity contribution is 5.69. The van der Waals surface area contributed by atoms with E-state index in [1.165, 1.54) is 135 Å². The fourth-order valence-electron chi connectivity index (χ4n) is 7.16. The van der Waals surface area contributed by atoms with Gasteiger partial charge in [-0.2, -0.15) is 0 Å². The minimum Gasteiger partial charge on any atom is -0.457 e. The number of aliphatic hydroxyl groups is 4. The van der Waals surface area contributed by atoms with Crippen molar-refractivity contribution < 1.29 is 44.2 Å². The molecule has 0 amide bonds. The van der Waals surface area contributed by atoms with E-state index < -0.39 is 43.4 Å². The molecule has 0 bridgehead atoms. The highest BCUT2D eigenvalue weighted by Crippen LogP contribution is 2.23. The van der Waals surface area contributed by atoms with Crippen molar-refractivity contribution in [2.45, 2.75) is 243 Å². The van der Waals surface area contributed by atoms with Crippen molar-refractivity contribution in [1.29, 1.82) is 0 Å². The van der Waals surface area contributed by atoms with Crippen LogP contribution in [-0.4, -0.2) is 89.6 Å². The Balaban J connectivity index is 2.24. The van der Waals surface area contributed by atoms with Crippen LogP contribution in [0.25, 0.3) is 0 Å². The van der Waals surface area contributed by atoms with Gasteiger partial charge in [0.1, 0.15) is 30.5 Å². The third-order valence-electron chi connectivity index (χ3n) is 10.9. The maximum atomic E-state index is 12.8. The number of esters is 1. The molecule has 1 heterocycles. The molecule has 1 aliphatic heterocycles. The number of carbonyl (C=O) groups excluding carboxylic acids is 1. The number of hydrogen-bond donors (Lipinski definition) is 4. The lowest BCUT2D eigenvalue weighted by Gasteiger charge is -2.39. The number of allylic oxidation sites excluding steroid dienone is 4. The Hall–Kier alpha value is -1.33. The van der Waals surface area contributed by atoms with Crippen molar-refractivity contribution in [1.82, 2.24) is 0 Å². The summed E-state index contributed by atoms with van der Waals surface area (Å²) in [7, 11) is 0. The van der Waals surface area contributed by atoms with Crippen molar-refractivity contribution in [3.05, 3.63) is 24.3 Å². The zero-order chi connectivity index (χ0) is 40.7. The maximum Gasteiger partial charge on any atom is 0.306 e. The van der Waals surface area contributed by atoms with Gasteiger partial charge in [-0.25, -0.2) is 0 Å². The third-order valence-corrected chi connectivity index (χ3v) is 10.9. The SMILES string of the molecule is CCCC/C=C\C/C=C\CCCCCCCCOCC(COC1OC(CO)C(O)C(O)C1O)OC(=O)CCCCCCCCCCCCCCCCCCCC. The van der Waals surface area contributed by atoms with E-state index in [-0.39, 0.29) is 19.2 Å². The Labute approximate surface area is 343 Å². The molecule has 1 fully saturated rings. The zero-order valence-corrected chi connectivity index (χ0v) is 36.1. The van der Waals surface area contributed by atoms with E-state index in [1.54, 1.807) is 0 Å². The van der Waals surface area contributed by atoms with Gasteiger partial charge in [-0.15, -0.1) is 0 Å². The summed E-state index contributed by atoms with van der Waals surface area (Å²) in [6.07, 6.45) is 37.7. The smallest absolute Gasteiger partial charge is 0.306 e. The molecule has 1 saturated heterocycles. The van der Waals surface area contributed by atoms with E-state index >= 15 is 0 Å². The lowest BCUT2D eigenvalue weighted by molar-refractivity contribution is -0.305. The lowest BCUT2D eigenvalue weighted by atomic mass is 9.99. The summed E-state index contributed by atoms with van der Waals surface area (Å²) < 4.78 is 22.8. The van der Waals surface area contributed by atoms with E-state index in [4.69, 9.17) is 18.9 Å². The Kier molecular flexibility index (Phi) is 36.8. The lowest BCUT2D eigenvalue weighted by Crippen LogP contribution is -2.59. The van der Waals surface area contributed by atoms with Crippen LogP contribution in [0.4, 0.5) is 0 Å². The van der Waals surface area contributed by atoms with Crippen molar-refractivity contribution >= 4 is 5.97 Å². The van der Waals surface area contributed by atoms with Gasteiger partial charge in [-0.05, 0) is 38.5 Å². The molecule has 9 nitrogen and oxygen atoms in total. The summed E-state index contributed by atoms with van der Waals surface area (Å²) in [5.74, 6) is -0.314. The first kappa shape index (κ1) is 52.7. The van der Waals surface area contributed by atoms with Crippen LogP contribution in [0.3, 0.4) is 0 Å². The standard InChI is InChI=1S/C47H88O9/c1-3-5-7-9-11-13-15-17-19-20-21-22-24-26-28-30-32-34-36-43(49)55-41(40-54-47-46(52)45(51)44(50)42(38-48)56-47)39-53-37-35-33-31-29-27-25-23-18-16-14-12-10-8-6-4-2/h10,12,16,18,41-42,44-48,50-52H,3-9,11,13-15,17,19-40H2,1-2H3/b12-10-,18-16-. The second kappa shape index (κ2) is 39.1. The van der Waals surface area contributed by atoms with Crippen molar-refractivity contribution in [2.24, 2.45) is 0 Å². The van der Waals surface area contributed by atoms with Crippen LogP contribution in [0.15, 0.2) is 24.3 Å². The Bertz CT molecular complexity index is 910. The number of unbranched alkanes of at least 4 members (excludes halogenated alkanes) is 25. The number of aliphatic hydroxyl groups excluding tert-OH is 4. The van der Waals surface area contributed by atoms with E-state index in [0.29, 0.717) is 13.0 Å². The van der Waals surface area contributed by atoms with E-state index in [1.807, 2.05) is 0 Å². The highest BCUT2D eigenvalue weighted by atomic mass is 16.7. The largest absolute Gasteiger partial charge is 0.457 e. The van der Waals surface area contributed by atoms with Crippen molar-refractivity contribution in [3.63, 3.8) is 0 Å². The van der Waals surface area contributed by atoms with E-state index in [0.717, 1.165) is 51.4 Å². The highest BCUT2D eigenvalue weighted by Gasteiger charge is 2.44. The molecule has 0 saturated carbocycles. The van der Waals surface area contributed by atoms with Gasteiger partial charge in [0.15, 0.2) is 6.29 Å².